The molecule has 3 aromatic rings. The molecule has 0 spiro atoms. The number of hydrogen-bond donors (Lipinski definition) is 9. The first-order valence-corrected chi connectivity index (χ1v) is 14.5. The molecule has 4 atom stereocenters. The van der Waals surface area contributed by atoms with Crippen LogP contribution in [0.15, 0.2) is 43.0 Å². The summed E-state index contributed by atoms with van der Waals surface area (Å²) < 4.78 is 19.1. The second-order valence-corrected chi connectivity index (χ2v) is 10.1. The number of aromatic amines is 2. The average molecular weight is 712 g/mol. The molecule has 12 N–H and O–H groups in total. The number of nitrogens with one attached hydrogen (secondary N) is 3. The van der Waals surface area contributed by atoms with Crippen molar-refractivity contribution in [1.82, 2.24) is 20.3 Å². The predicted octanol–water partition coefficient (Wildman–Crippen LogP) is -0.612. The lowest BCUT2D eigenvalue weighted by atomic mass is 10.0. The number of H-pyrrole nitrogens is 2. The Hall–Kier alpha value is -5.73. The minimum Gasteiger partial charge on any atom is -0.481 e. The molecule has 3 rings (SSSR count). The summed E-state index contributed by atoms with van der Waals surface area (Å²) in [5.41, 5.74) is 18.8. The van der Waals surface area contributed by atoms with E-state index >= 15 is 0 Å². The molecule has 0 aliphatic carbocycles. The lowest BCUT2D eigenvalue weighted by Gasteiger charge is -2.18. The number of carboxylic acids is 3. The summed E-state index contributed by atoms with van der Waals surface area (Å²) in [5.74, 6) is -5.13. The van der Waals surface area contributed by atoms with Crippen LogP contribution in [0.4, 0.5) is 4.39 Å². The first-order chi connectivity index (χ1) is 23.4. The summed E-state index contributed by atoms with van der Waals surface area (Å²) in [7, 11) is 2.33. The van der Waals surface area contributed by atoms with Crippen LogP contribution in [0.1, 0.15) is 37.4 Å². The first-order valence-electron chi connectivity index (χ1n) is 14.5. The molecule has 0 saturated carbocycles. The van der Waals surface area contributed by atoms with Crippen LogP contribution >= 0.6 is 0 Å². The maximum Gasteiger partial charge on any atom is 0.328 e. The molecule has 2 heterocycles. The maximum atomic E-state index is 12.3. The lowest BCUT2D eigenvalue weighted by Crippen LogP contribution is -2.49. The highest BCUT2D eigenvalue weighted by Crippen LogP contribution is 2.18. The van der Waals surface area contributed by atoms with E-state index in [4.69, 9.17) is 37.3 Å². The molecule has 0 saturated heterocycles. The average Bonchev–Trinajstić information content (AvgIpc) is 3.72. The standard InChI is InChI=1S/C17H21N3O5.C6H9N3O2.C5H9NO4.C2H3FO/c1-25-17(24)14(6-7-15(21)22)20-16(23)12(18)8-10-9-19-13-5-3-2-4-11(10)13;7-5(6(10)11)1-4-2-8-3-9-4;1-10-5(9)3(6)2-4(7)8;1-2(3)4/h2-5,9,12,14,19H,6-8,18H2,1H3,(H,20,23)(H,21,22);2-3,5H,1,7H2,(H,8,9)(H,10,11);3H,2,6H2,1H3,(H,7,8);1H3/t12-,14-;5-;3-;/m000./s1. The fourth-order valence-corrected chi connectivity index (χ4v) is 3.71. The highest BCUT2D eigenvalue weighted by molar-refractivity contribution is 5.89. The molecule has 19 nitrogen and oxygen atoms in total. The van der Waals surface area contributed by atoms with Crippen LogP contribution in [0, 0.1) is 0 Å². The topological polar surface area (TPSA) is 333 Å². The number of methoxy groups -OCH3 is 2. The molecular formula is C30H42FN7O12. The smallest absolute Gasteiger partial charge is 0.328 e. The number of aliphatic carboxylic acids is 3. The monoisotopic (exact) mass is 711 g/mol. The fraction of sp³-hybridized carbons (Fsp3) is 0.400. The molecule has 2 aromatic heterocycles. The number of carboxylic acid groups (broad SMARTS) is 3. The van der Waals surface area contributed by atoms with Crippen LogP contribution in [0.3, 0.4) is 0 Å². The Morgan fingerprint density at radius 3 is 1.98 bits per heavy atom. The van der Waals surface area contributed by atoms with Crippen molar-refractivity contribution < 1.29 is 62.7 Å². The van der Waals surface area contributed by atoms with Gasteiger partial charge in [-0.15, -0.1) is 0 Å². The zero-order valence-electron chi connectivity index (χ0n) is 27.5. The van der Waals surface area contributed by atoms with Crippen LogP contribution in [0.25, 0.3) is 10.9 Å². The van der Waals surface area contributed by atoms with Crippen LogP contribution in [0.5, 0.6) is 0 Å². The van der Waals surface area contributed by atoms with E-state index in [1.807, 2.05) is 24.3 Å². The SMILES string of the molecule is CC(=O)F.COC(=O)[C@@H](N)CC(=O)O.COC(=O)[C@H](CCC(=O)O)NC(=O)[C@@H](N)Cc1c[nH]c2ccccc12.N[C@@H](Cc1c[nH]cn1)C(=O)O. The molecule has 0 fully saturated rings. The van der Waals surface area contributed by atoms with Gasteiger partial charge in [0.15, 0.2) is 0 Å². The fourth-order valence-electron chi connectivity index (χ4n) is 3.71. The Morgan fingerprint density at radius 1 is 0.880 bits per heavy atom. The number of aromatic nitrogens is 3. The van der Waals surface area contributed by atoms with Crippen molar-refractivity contribution >= 4 is 52.7 Å². The number of rotatable bonds is 14. The van der Waals surface area contributed by atoms with E-state index in [1.165, 1.54) is 13.4 Å². The Kier molecular flexibility index (Phi) is 20.9. The van der Waals surface area contributed by atoms with Crippen molar-refractivity contribution in [1.29, 1.82) is 0 Å². The number of imidazole rings is 1. The van der Waals surface area contributed by atoms with E-state index in [2.05, 4.69) is 29.7 Å². The number of benzene rings is 1. The number of carbonyl (C=O) groups excluding carboxylic acids is 4. The third-order valence-corrected chi connectivity index (χ3v) is 6.10. The van der Waals surface area contributed by atoms with Crippen LogP contribution < -0.4 is 22.5 Å². The highest BCUT2D eigenvalue weighted by Gasteiger charge is 2.25. The number of esters is 2. The van der Waals surface area contributed by atoms with Crippen molar-refractivity contribution in [3.05, 3.63) is 54.2 Å². The third-order valence-electron chi connectivity index (χ3n) is 6.10. The molecule has 0 aliphatic rings. The van der Waals surface area contributed by atoms with Gasteiger partial charge < -0.3 is 57.3 Å². The highest BCUT2D eigenvalue weighted by atomic mass is 19.1. The Bertz CT molecular complexity index is 1540. The number of carbonyl (C=O) groups is 7. The summed E-state index contributed by atoms with van der Waals surface area (Å²) in [6.07, 6.45) is 4.73. The van der Waals surface area contributed by atoms with Gasteiger partial charge in [0.1, 0.15) is 18.1 Å². The maximum absolute atomic E-state index is 12.3. The van der Waals surface area contributed by atoms with E-state index in [9.17, 15) is 33.2 Å². The minimum atomic E-state index is -1.33. The molecule has 0 bridgehead atoms. The second kappa shape index (κ2) is 23.6. The normalized spacial score (nSPS) is 12.4. The van der Waals surface area contributed by atoms with Gasteiger partial charge in [0.2, 0.25) is 5.91 Å². The molecular weight excluding hydrogens is 669 g/mol. The number of halogens is 1. The van der Waals surface area contributed by atoms with Crippen molar-refractivity contribution in [2.75, 3.05) is 14.2 Å². The van der Waals surface area contributed by atoms with E-state index in [0.29, 0.717) is 5.69 Å². The second-order valence-electron chi connectivity index (χ2n) is 10.1. The predicted molar refractivity (Wildman–Crippen MR) is 173 cm³/mol. The Balaban J connectivity index is 0.000000790. The number of ether oxygens (including phenoxy) is 2. The van der Waals surface area contributed by atoms with Gasteiger partial charge in [0, 0.05) is 43.1 Å². The number of hydrogen-bond acceptors (Lipinski definition) is 13. The summed E-state index contributed by atoms with van der Waals surface area (Å²) in [4.78, 5) is 83.7. The van der Waals surface area contributed by atoms with E-state index < -0.39 is 72.4 Å². The molecule has 0 unspecified atom stereocenters. The number of amides is 1. The van der Waals surface area contributed by atoms with Crippen LogP contribution in [-0.2, 0) is 55.9 Å². The quantitative estimate of drug-likeness (QED) is 0.0743. The van der Waals surface area contributed by atoms with Gasteiger partial charge in [-0.2, -0.15) is 4.39 Å². The summed E-state index contributed by atoms with van der Waals surface area (Å²) in [5, 5.41) is 28.7. The molecule has 0 aliphatic heterocycles. The van der Waals surface area contributed by atoms with Gasteiger partial charge >= 0.3 is 29.8 Å². The van der Waals surface area contributed by atoms with E-state index in [0.717, 1.165) is 30.5 Å². The molecule has 276 valence electrons. The van der Waals surface area contributed by atoms with Crippen molar-refractivity contribution in [2.24, 2.45) is 17.2 Å². The van der Waals surface area contributed by atoms with E-state index in [1.54, 1.807) is 12.4 Å². The summed E-state index contributed by atoms with van der Waals surface area (Å²) in [6, 6.07) is 2.47. The number of para-hydroxylation sites is 1. The molecule has 0 radical (unpaired) electrons. The first kappa shape index (κ1) is 44.3. The molecule has 50 heavy (non-hydrogen) atoms. The van der Waals surface area contributed by atoms with Gasteiger partial charge in [-0.3, -0.25) is 28.8 Å². The zero-order chi connectivity index (χ0) is 38.4. The summed E-state index contributed by atoms with van der Waals surface area (Å²) >= 11 is 0. The Morgan fingerprint density at radius 2 is 1.48 bits per heavy atom. The van der Waals surface area contributed by atoms with Gasteiger partial charge in [-0.05, 0) is 24.5 Å². The minimum absolute atomic E-state index is 0.0620. The number of nitrogens with zero attached hydrogens (tertiary/aromatic N) is 1. The summed E-state index contributed by atoms with van der Waals surface area (Å²) in [6.45, 7) is 0.861. The van der Waals surface area contributed by atoms with Crippen LogP contribution in [-0.4, -0.2) is 110 Å². The number of nitrogens with two attached hydrogens (primary N) is 3. The van der Waals surface area contributed by atoms with Gasteiger partial charge in [0.05, 0.1) is 38.7 Å². The molecule has 20 heteroatoms. The number of fused-ring (bicyclic) bond motifs is 1. The van der Waals surface area contributed by atoms with Crippen molar-refractivity contribution in [2.45, 2.75) is 63.2 Å². The van der Waals surface area contributed by atoms with Gasteiger partial charge in [0.25, 0.3) is 6.04 Å². The van der Waals surface area contributed by atoms with E-state index in [-0.39, 0.29) is 25.7 Å². The van der Waals surface area contributed by atoms with Crippen molar-refractivity contribution in [3.8, 4) is 0 Å². The van der Waals surface area contributed by atoms with Gasteiger partial charge in [-0.25, -0.2) is 9.78 Å². The third kappa shape index (κ3) is 18.6. The van der Waals surface area contributed by atoms with Crippen LogP contribution in [0.2, 0.25) is 0 Å². The molecule has 1 aromatic carbocycles. The van der Waals surface area contributed by atoms with Crippen molar-refractivity contribution in [3.63, 3.8) is 0 Å². The Labute approximate surface area is 284 Å². The largest absolute Gasteiger partial charge is 0.481 e. The van der Waals surface area contributed by atoms with Gasteiger partial charge in [-0.1, -0.05) is 18.2 Å². The molecule has 1 amide bonds. The zero-order valence-corrected chi connectivity index (χ0v) is 27.5. The lowest BCUT2D eigenvalue weighted by molar-refractivity contribution is -0.147.